The van der Waals surface area contributed by atoms with E-state index in [9.17, 15) is 4.79 Å². The molecule has 0 atom stereocenters. The summed E-state index contributed by atoms with van der Waals surface area (Å²) in [6.45, 7) is 6.44. The number of hydrogen-bond acceptors (Lipinski definition) is 2. The van der Waals surface area contributed by atoms with E-state index in [1.807, 2.05) is 0 Å². The van der Waals surface area contributed by atoms with Crippen molar-refractivity contribution in [2.45, 2.75) is 31.9 Å². The van der Waals surface area contributed by atoms with Gasteiger partial charge in [-0.25, -0.2) is 0 Å². The number of rotatable bonds is 4. The van der Waals surface area contributed by atoms with Crippen molar-refractivity contribution in [1.82, 2.24) is 0 Å². The van der Waals surface area contributed by atoms with Crippen LogP contribution < -0.4 is 0 Å². The zero-order valence-corrected chi connectivity index (χ0v) is 7.12. The van der Waals surface area contributed by atoms with E-state index in [1.165, 1.54) is 0 Å². The summed E-state index contributed by atoms with van der Waals surface area (Å²) in [5.41, 5.74) is 0. The maximum Gasteiger partial charge on any atom is 0.129 e. The smallest absolute Gasteiger partial charge is 0.129 e. The van der Waals surface area contributed by atoms with E-state index in [4.69, 9.17) is 0 Å². The highest BCUT2D eigenvalue weighted by Crippen LogP contribution is 2.26. The van der Waals surface area contributed by atoms with Gasteiger partial charge in [-0.15, -0.1) is 11.8 Å². The Morgan fingerprint density at radius 2 is 2.11 bits per heavy atom. The summed E-state index contributed by atoms with van der Waals surface area (Å²) in [4.78, 5) is 9.95. The van der Waals surface area contributed by atoms with Crippen LogP contribution in [0.3, 0.4) is 0 Å². The van der Waals surface area contributed by atoms with Crippen molar-refractivity contribution in [3.05, 3.63) is 0 Å². The van der Waals surface area contributed by atoms with Crippen LogP contribution in [0.2, 0.25) is 0 Å². The van der Waals surface area contributed by atoms with Crippen molar-refractivity contribution in [3.63, 3.8) is 0 Å². The van der Waals surface area contributed by atoms with Gasteiger partial charge in [-0.05, 0) is 6.42 Å². The van der Waals surface area contributed by atoms with E-state index in [1.54, 1.807) is 11.8 Å². The zero-order chi connectivity index (χ0) is 7.33. The lowest BCUT2D eigenvalue weighted by Crippen LogP contribution is -2.13. The van der Waals surface area contributed by atoms with Crippen molar-refractivity contribution < 1.29 is 4.79 Å². The first-order valence-electron chi connectivity index (χ1n) is 3.20. The van der Waals surface area contributed by atoms with E-state index in [0.717, 1.165) is 12.7 Å². The number of thioether (sulfide) groups is 1. The average Bonchev–Trinajstić information content (AvgIpc) is 1.84. The van der Waals surface area contributed by atoms with Gasteiger partial charge in [0.2, 0.25) is 0 Å². The Kier molecular flexibility index (Phi) is 3.95. The van der Waals surface area contributed by atoms with Gasteiger partial charge in [0.25, 0.3) is 0 Å². The summed E-state index contributed by atoms with van der Waals surface area (Å²) in [5, 5.41) is 0. The fourth-order valence-corrected chi connectivity index (χ4v) is 1.09. The lowest BCUT2D eigenvalue weighted by molar-refractivity contribution is -0.105. The molecule has 0 aromatic carbocycles. The van der Waals surface area contributed by atoms with Gasteiger partial charge in [0.1, 0.15) is 6.29 Å². The quantitative estimate of drug-likeness (QED) is 0.565. The van der Waals surface area contributed by atoms with Crippen molar-refractivity contribution in [1.29, 1.82) is 0 Å². The molecule has 0 rings (SSSR count). The third-order valence-corrected chi connectivity index (χ3v) is 2.77. The predicted molar refractivity (Wildman–Crippen MR) is 42.9 cm³/mol. The van der Waals surface area contributed by atoms with Gasteiger partial charge in [0.15, 0.2) is 0 Å². The van der Waals surface area contributed by atoms with E-state index in [-0.39, 0.29) is 4.75 Å². The molecule has 0 aliphatic heterocycles. The molecular weight excluding hydrogens is 132 g/mol. The lowest BCUT2D eigenvalue weighted by atomic mass is 10.1. The summed E-state index contributed by atoms with van der Waals surface area (Å²) in [5.74, 6) is 0.626. The monoisotopic (exact) mass is 146 g/mol. The maximum absolute atomic E-state index is 9.95. The molecule has 0 fully saturated rings. The first-order valence-corrected chi connectivity index (χ1v) is 4.18. The van der Waals surface area contributed by atoms with Crippen LogP contribution in [0.25, 0.3) is 0 Å². The molecule has 0 radical (unpaired) electrons. The number of carbonyl (C=O) groups is 1. The molecule has 0 aromatic heterocycles. The van der Waals surface area contributed by atoms with Crippen LogP contribution in [0.4, 0.5) is 0 Å². The molecule has 0 N–H and O–H groups in total. The molecule has 1 nitrogen and oxygen atoms in total. The molecule has 0 bridgehead atoms. The molecule has 0 amide bonds. The molecule has 0 aliphatic rings. The van der Waals surface area contributed by atoms with Gasteiger partial charge in [-0.2, -0.15) is 0 Å². The van der Waals surface area contributed by atoms with E-state index in [0.29, 0.717) is 5.75 Å². The van der Waals surface area contributed by atoms with Gasteiger partial charge in [0, 0.05) is 10.5 Å². The maximum atomic E-state index is 9.95. The Hall–Kier alpha value is 0.0200. The summed E-state index contributed by atoms with van der Waals surface area (Å²) in [6, 6.07) is 0. The Morgan fingerprint density at radius 1 is 1.56 bits per heavy atom. The Balaban J connectivity index is 3.44. The lowest BCUT2D eigenvalue weighted by Gasteiger charge is -2.19. The average molecular weight is 146 g/mol. The minimum Gasteiger partial charge on any atom is -0.302 e. The minimum absolute atomic E-state index is 0.279. The SMILES string of the molecule is CCC(C)(C)SCC=O. The Bertz CT molecular complexity index is 88.9. The van der Waals surface area contributed by atoms with Gasteiger partial charge in [-0.1, -0.05) is 20.8 Å². The second kappa shape index (κ2) is 3.94. The summed E-state index contributed by atoms with van der Waals surface area (Å²) in [7, 11) is 0. The van der Waals surface area contributed by atoms with Crippen LogP contribution in [0.1, 0.15) is 27.2 Å². The Morgan fingerprint density at radius 3 is 2.44 bits per heavy atom. The number of hydrogen-bond donors (Lipinski definition) is 0. The number of carbonyl (C=O) groups excluding carboxylic acids is 1. The second-order valence-electron chi connectivity index (χ2n) is 2.59. The first kappa shape index (κ1) is 9.02. The van der Waals surface area contributed by atoms with Crippen LogP contribution in [0, 0.1) is 0 Å². The Labute approximate surface area is 61.2 Å². The van der Waals surface area contributed by atoms with Crippen molar-refractivity contribution in [3.8, 4) is 0 Å². The highest BCUT2D eigenvalue weighted by Gasteiger charge is 2.13. The molecule has 0 unspecified atom stereocenters. The van der Waals surface area contributed by atoms with Crippen molar-refractivity contribution in [2.75, 3.05) is 5.75 Å². The minimum atomic E-state index is 0.279. The molecule has 0 aliphatic carbocycles. The largest absolute Gasteiger partial charge is 0.302 e. The summed E-state index contributed by atoms with van der Waals surface area (Å²) in [6.07, 6.45) is 2.08. The first-order chi connectivity index (χ1) is 4.12. The van der Waals surface area contributed by atoms with Gasteiger partial charge < -0.3 is 4.79 Å². The molecule has 54 valence electrons. The summed E-state index contributed by atoms with van der Waals surface area (Å²) < 4.78 is 0.279. The van der Waals surface area contributed by atoms with Crippen LogP contribution in [-0.4, -0.2) is 16.8 Å². The molecule has 9 heavy (non-hydrogen) atoms. The highest BCUT2D eigenvalue weighted by molar-refractivity contribution is 8.01. The molecular formula is C7H14OS. The molecule has 0 spiro atoms. The highest BCUT2D eigenvalue weighted by atomic mass is 32.2. The molecule has 0 heterocycles. The second-order valence-corrected chi connectivity index (χ2v) is 4.32. The molecule has 0 saturated carbocycles. The zero-order valence-electron chi connectivity index (χ0n) is 6.31. The fraction of sp³-hybridized carbons (Fsp3) is 0.857. The van der Waals surface area contributed by atoms with E-state index in [2.05, 4.69) is 20.8 Å². The topological polar surface area (TPSA) is 17.1 Å². The van der Waals surface area contributed by atoms with Gasteiger partial charge in [0.05, 0.1) is 0 Å². The fourth-order valence-electron chi connectivity index (χ4n) is 0.362. The van der Waals surface area contributed by atoms with Crippen molar-refractivity contribution in [2.24, 2.45) is 0 Å². The third kappa shape index (κ3) is 4.52. The van der Waals surface area contributed by atoms with Crippen LogP contribution in [0.15, 0.2) is 0 Å². The molecule has 2 heteroatoms. The normalized spacial score (nSPS) is 11.4. The standard InChI is InChI=1S/C7H14OS/c1-4-7(2,3)9-6-5-8/h5H,4,6H2,1-3H3. The number of aldehydes is 1. The van der Waals surface area contributed by atoms with E-state index < -0.39 is 0 Å². The molecule has 0 aromatic rings. The van der Waals surface area contributed by atoms with Crippen LogP contribution >= 0.6 is 11.8 Å². The van der Waals surface area contributed by atoms with Gasteiger partial charge in [-0.3, -0.25) is 0 Å². The van der Waals surface area contributed by atoms with Crippen molar-refractivity contribution >= 4 is 18.0 Å². The third-order valence-electron chi connectivity index (χ3n) is 1.39. The molecule has 0 saturated heterocycles. The van der Waals surface area contributed by atoms with E-state index >= 15 is 0 Å². The predicted octanol–water partition coefficient (Wildman–Crippen LogP) is 2.11. The van der Waals surface area contributed by atoms with Gasteiger partial charge >= 0.3 is 0 Å². The summed E-state index contributed by atoms with van der Waals surface area (Å²) >= 11 is 1.71. The van der Waals surface area contributed by atoms with Crippen LogP contribution in [0.5, 0.6) is 0 Å². The van der Waals surface area contributed by atoms with Crippen LogP contribution in [-0.2, 0) is 4.79 Å².